The van der Waals surface area contributed by atoms with Gasteiger partial charge in [0.15, 0.2) is 23.0 Å². The molecule has 2 aromatic carbocycles. The van der Waals surface area contributed by atoms with Crippen LogP contribution in [0, 0.1) is 0 Å². The van der Waals surface area contributed by atoms with Gasteiger partial charge in [0.2, 0.25) is 0 Å². The molecule has 152 valence electrons. The van der Waals surface area contributed by atoms with Gasteiger partial charge in [0.25, 0.3) is 0 Å². The number of carbonyl (C=O) groups excluding carboxylic acids is 1. The van der Waals surface area contributed by atoms with E-state index in [2.05, 4.69) is 10.6 Å². The van der Waals surface area contributed by atoms with Crippen molar-refractivity contribution in [1.82, 2.24) is 10.6 Å². The summed E-state index contributed by atoms with van der Waals surface area (Å²) >= 11 is 0. The monoisotopic (exact) mass is 388 g/mol. The second-order valence-corrected chi connectivity index (χ2v) is 6.29. The number of nitrogens with one attached hydrogen (secondary N) is 2. The Hall–Kier alpha value is -3.09. The lowest BCUT2D eigenvalue weighted by Gasteiger charge is -2.20. The molecule has 0 bridgehead atoms. The molecule has 0 radical (unpaired) electrons. The first-order valence-electron chi connectivity index (χ1n) is 8.94. The first-order chi connectivity index (χ1) is 13.4. The van der Waals surface area contributed by atoms with Gasteiger partial charge in [-0.25, -0.2) is 4.79 Å². The van der Waals surface area contributed by atoms with Crippen molar-refractivity contribution in [2.45, 2.75) is 25.9 Å². The SMILES string of the molecule is COc1ccc([C@H](C)NC(=O)N[C@@H](C)c2ccc(OC)c(OC)c2)cc1OC. The Kier molecular flexibility index (Phi) is 7.37. The molecule has 0 aromatic heterocycles. The number of methoxy groups -OCH3 is 4. The summed E-state index contributed by atoms with van der Waals surface area (Å²) in [7, 11) is 6.33. The largest absolute Gasteiger partial charge is 0.493 e. The zero-order valence-electron chi connectivity index (χ0n) is 17.2. The molecule has 0 unspecified atom stereocenters. The number of benzene rings is 2. The van der Waals surface area contributed by atoms with Gasteiger partial charge < -0.3 is 29.6 Å². The van der Waals surface area contributed by atoms with Crippen molar-refractivity contribution < 1.29 is 23.7 Å². The van der Waals surface area contributed by atoms with E-state index in [9.17, 15) is 4.79 Å². The highest BCUT2D eigenvalue weighted by atomic mass is 16.5. The maximum absolute atomic E-state index is 12.4. The maximum Gasteiger partial charge on any atom is 0.315 e. The summed E-state index contributed by atoms with van der Waals surface area (Å²) in [5.74, 6) is 2.52. The fourth-order valence-corrected chi connectivity index (χ4v) is 2.85. The summed E-state index contributed by atoms with van der Waals surface area (Å²) in [6, 6.07) is 10.4. The molecule has 2 rings (SSSR count). The first-order valence-corrected chi connectivity index (χ1v) is 8.94. The summed E-state index contributed by atoms with van der Waals surface area (Å²) in [6.45, 7) is 3.81. The lowest BCUT2D eigenvalue weighted by Crippen LogP contribution is -2.38. The van der Waals surface area contributed by atoms with Crippen molar-refractivity contribution in [2.24, 2.45) is 0 Å². The Morgan fingerprint density at radius 3 is 1.36 bits per heavy atom. The van der Waals surface area contributed by atoms with Crippen LogP contribution in [0.15, 0.2) is 36.4 Å². The lowest BCUT2D eigenvalue weighted by atomic mass is 10.1. The molecular weight excluding hydrogens is 360 g/mol. The number of hydrogen-bond acceptors (Lipinski definition) is 5. The van der Waals surface area contributed by atoms with Crippen LogP contribution in [0.2, 0.25) is 0 Å². The van der Waals surface area contributed by atoms with E-state index in [4.69, 9.17) is 18.9 Å². The van der Waals surface area contributed by atoms with E-state index in [1.807, 2.05) is 50.2 Å². The van der Waals surface area contributed by atoms with Crippen LogP contribution < -0.4 is 29.6 Å². The van der Waals surface area contributed by atoms with Gasteiger partial charge in [-0.05, 0) is 49.2 Å². The Bertz CT molecular complexity index is 744. The highest BCUT2D eigenvalue weighted by Crippen LogP contribution is 2.31. The molecule has 0 fully saturated rings. The fraction of sp³-hybridized carbons (Fsp3) is 0.381. The fourth-order valence-electron chi connectivity index (χ4n) is 2.85. The van der Waals surface area contributed by atoms with E-state index in [0.29, 0.717) is 23.0 Å². The van der Waals surface area contributed by atoms with Crippen molar-refractivity contribution in [2.75, 3.05) is 28.4 Å². The van der Waals surface area contributed by atoms with Crippen molar-refractivity contribution in [3.05, 3.63) is 47.5 Å². The van der Waals surface area contributed by atoms with Gasteiger partial charge in [-0.2, -0.15) is 0 Å². The van der Waals surface area contributed by atoms with E-state index in [0.717, 1.165) is 11.1 Å². The second-order valence-electron chi connectivity index (χ2n) is 6.29. The van der Waals surface area contributed by atoms with Crippen molar-refractivity contribution in [3.63, 3.8) is 0 Å². The molecule has 0 heterocycles. The Balaban J connectivity index is 2.03. The summed E-state index contributed by atoms with van der Waals surface area (Å²) in [4.78, 5) is 12.4. The van der Waals surface area contributed by atoms with Crippen LogP contribution in [0.1, 0.15) is 37.1 Å². The Morgan fingerprint density at radius 1 is 0.679 bits per heavy atom. The average molecular weight is 388 g/mol. The van der Waals surface area contributed by atoms with Gasteiger partial charge in [0.05, 0.1) is 40.5 Å². The summed E-state index contributed by atoms with van der Waals surface area (Å²) in [6.07, 6.45) is 0. The average Bonchev–Trinajstić information content (AvgIpc) is 2.72. The number of ether oxygens (including phenoxy) is 4. The molecular formula is C21H28N2O5. The predicted molar refractivity (Wildman–Crippen MR) is 108 cm³/mol. The van der Waals surface area contributed by atoms with E-state index in [1.54, 1.807) is 28.4 Å². The summed E-state index contributed by atoms with van der Waals surface area (Å²) in [5.41, 5.74) is 1.82. The Labute approximate surface area is 165 Å². The van der Waals surface area contributed by atoms with Crippen LogP contribution in [-0.2, 0) is 0 Å². The van der Waals surface area contributed by atoms with Crippen LogP contribution in [0.25, 0.3) is 0 Å². The van der Waals surface area contributed by atoms with Gasteiger partial charge >= 0.3 is 6.03 Å². The molecule has 2 atom stereocenters. The zero-order valence-corrected chi connectivity index (χ0v) is 17.2. The molecule has 7 nitrogen and oxygen atoms in total. The van der Waals surface area contributed by atoms with E-state index in [-0.39, 0.29) is 18.1 Å². The standard InChI is InChI=1S/C21H28N2O5/c1-13(15-7-9-17(25-3)19(11-15)27-5)22-21(24)23-14(2)16-8-10-18(26-4)20(12-16)28-6/h7-14H,1-6H3,(H2,22,23,24)/t13-,14-/m0/s1. The summed E-state index contributed by atoms with van der Waals surface area (Å²) in [5, 5.41) is 5.87. The normalized spacial score (nSPS) is 12.5. The third-order valence-corrected chi connectivity index (χ3v) is 4.51. The molecule has 2 amide bonds. The predicted octanol–water partition coefficient (Wildman–Crippen LogP) is 3.84. The lowest BCUT2D eigenvalue weighted by molar-refractivity contribution is 0.235. The molecule has 2 aromatic rings. The third kappa shape index (κ3) is 5.00. The van der Waals surface area contributed by atoms with Gasteiger partial charge in [-0.15, -0.1) is 0 Å². The number of amides is 2. The minimum absolute atomic E-state index is 0.211. The molecule has 0 spiro atoms. The van der Waals surface area contributed by atoms with E-state index < -0.39 is 0 Å². The topological polar surface area (TPSA) is 78.1 Å². The number of urea groups is 1. The first kappa shape index (κ1) is 21.2. The third-order valence-electron chi connectivity index (χ3n) is 4.51. The minimum Gasteiger partial charge on any atom is -0.493 e. The van der Waals surface area contributed by atoms with Crippen molar-refractivity contribution >= 4 is 6.03 Å². The zero-order chi connectivity index (χ0) is 20.7. The number of rotatable bonds is 8. The summed E-state index contributed by atoms with van der Waals surface area (Å²) < 4.78 is 21.1. The van der Waals surface area contributed by atoms with Crippen LogP contribution in [0.3, 0.4) is 0 Å². The molecule has 0 aliphatic heterocycles. The maximum atomic E-state index is 12.4. The quantitative estimate of drug-likeness (QED) is 0.718. The van der Waals surface area contributed by atoms with Gasteiger partial charge in [0, 0.05) is 0 Å². The van der Waals surface area contributed by atoms with Crippen molar-refractivity contribution in [3.8, 4) is 23.0 Å². The Morgan fingerprint density at radius 2 is 1.04 bits per heavy atom. The van der Waals surface area contributed by atoms with Gasteiger partial charge in [-0.1, -0.05) is 12.1 Å². The molecule has 0 saturated heterocycles. The molecule has 2 N–H and O–H groups in total. The van der Waals surface area contributed by atoms with Crippen LogP contribution in [-0.4, -0.2) is 34.5 Å². The second kappa shape index (κ2) is 9.73. The molecule has 0 aliphatic carbocycles. The van der Waals surface area contributed by atoms with Crippen LogP contribution in [0.5, 0.6) is 23.0 Å². The minimum atomic E-state index is -0.274. The number of carbonyl (C=O) groups is 1. The van der Waals surface area contributed by atoms with Gasteiger partial charge in [-0.3, -0.25) is 0 Å². The van der Waals surface area contributed by atoms with Crippen molar-refractivity contribution in [1.29, 1.82) is 0 Å². The van der Waals surface area contributed by atoms with Gasteiger partial charge in [0.1, 0.15) is 0 Å². The molecule has 7 heteroatoms. The molecule has 0 aliphatic rings. The number of hydrogen-bond donors (Lipinski definition) is 2. The van der Waals surface area contributed by atoms with Crippen LogP contribution >= 0.6 is 0 Å². The smallest absolute Gasteiger partial charge is 0.315 e. The molecule has 0 saturated carbocycles. The highest BCUT2D eigenvalue weighted by Gasteiger charge is 2.16. The molecule has 28 heavy (non-hydrogen) atoms. The highest BCUT2D eigenvalue weighted by molar-refractivity contribution is 5.75. The van der Waals surface area contributed by atoms with Crippen LogP contribution in [0.4, 0.5) is 4.79 Å². The van der Waals surface area contributed by atoms with E-state index >= 15 is 0 Å². The van der Waals surface area contributed by atoms with E-state index in [1.165, 1.54) is 0 Å².